The molecule has 5 nitrogen and oxygen atoms in total. The van der Waals surface area contributed by atoms with Crippen molar-refractivity contribution in [2.45, 2.75) is 45.3 Å². The number of likely N-dealkylation sites (tertiary alicyclic amines) is 1. The van der Waals surface area contributed by atoms with E-state index in [2.05, 4.69) is 4.90 Å². The molecule has 2 rings (SSSR count). The third kappa shape index (κ3) is 5.53. The maximum Gasteiger partial charge on any atom is 0.338 e. The van der Waals surface area contributed by atoms with Gasteiger partial charge >= 0.3 is 5.97 Å². The van der Waals surface area contributed by atoms with Crippen LogP contribution < -0.4 is 0 Å². The lowest BCUT2D eigenvalue weighted by Gasteiger charge is -2.44. The van der Waals surface area contributed by atoms with E-state index >= 15 is 0 Å². The number of benzene rings is 1. The summed E-state index contributed by atoms with van der Waals surface area (Å²) in [5.74, 6) is -0.286. The standard InChI is InChI=1S/C20H31NO4/c1-4-23-16-15-21-13-11-20(12-14-21,24-5-2)17(3)25-19(22)18-9-7-6-8-10-18/h6-10,17H,4-5,11-16H2,1-3H3. The largest absolute Gasteiger partial charge is 0.456 e. The van der Waals surface area contributed by atoms with Crippen LogP contribution in [0.5, 0.6) is 0 Å². The van der Waals surface area contributed by atoms with Crippen molar-refractivity contribution in [2.24, 2.45) is 0 Å². The number of hydrogen-bond acceptors (Lipinski definition) is 5. The molecule has 0 saturated carbocycles. The van der Waals surface area contributed by atoms with Crippen molar-refractivity contribution in [1.29, 1.82) is 0 Å². The van der Waals surface area contributed by atoms with E-state index in [1.807, 2.05) is 39.0 Å². The van der Waals surface area contributed by atoms with Crippen molar-refractivity contribution < 1.29 is 19.0 Å². The van der Waals surface area contributed by atoms with E-state index in [4.69, 9.17) is 14.2 Å². The van der Waals surface area contributed by atoms with E-state index in [1.54, 1.807) is 12.1 Å². The molecular weight excluding hydrogens is 318 g/mol. The van der Waals surface area contributed by atoms with Crippen LogP contribution in [-0.4, -0.2) is 62.0 Å². The fourth-order valence-electron chi connectivity index (χ4n) is 3.36. The van der Waals surface area contributed by atoms with Crippen LogP contribution in [0.1, 0.15) is 44.0 Å². The van der Waals surface area contributed by atoms with Crippen LogP contribution in [0.25, 0.3) is 0 Å². The number of piperidine rings is 1. The average Bonchev–Trinajstić information content (AvgIpc) is 2.64. The van der Waals surface area contributed by atoms with Crippen molar-refractivity contribution in [2.75, 3.05) is 39.5 Å². The molecule has 1 unspecified atom stereocenters. The SMILES string of the molecule is CCOCCN1CCC(OCC)(C(C)OC(=O)c2ccccc2)CC1. The Morgan fingerprint density at radius 3 is 2.44 bits per heavy atom. The first-order valence-corrected chi connectivity index (χ1v) is 9.31. The molecule has 1 aliphatic rings. The molecule has 1 aliphatic heterocycles. The van der Waals surface area contributed by atoms with Crippen LogP contribution in [0.4, 0.5) is 0 Å². The maximum atomic E-state index is 12.4. The van der Waals surface area contributed by atoms with Gasteiger partial charge in [-0.1, -0.05) is 18.2 Å². The first kappa shape index (κ1) is 19.9. The van der Waals surface area contributed by atoms with Crippen LogP contribution in [0, 0.1) is 0 Å². The highest BCUT2D eigenvalue weighted by molar-refractivity contribution is 5.89. The fraction of sp³-hybridized carbons (Fsp3) is 0.650. The Bertz CT molecular complexity index is 512. The highest BCUT2D eigenvalue weighted by Gasteiger charge is 2.42. The second kappa shape index (κ2) is 9.90. The zero-order chi connectivity index (χ0) is 18.1. The lowest BCUT2D eigenvalue weighted by Crippen LogP contribution is -2.54. The van der Waals surface area contributed by atoms with E-state index in [9.17, 15) is 4.79 Å². The fourth-order valence-corrected chi connectivity index (χ4v) is 3.36. The molecule has 0 aromatic heterocycles. The molecule has 5 heteroatoms. The molecule has 140 valence electrons. The van der Waals surface area contributed by atoms with E-state index in [-0.39, 0.29) is 12.1 Å². The van der Waals surface area contributed by atoms with Crippen molar-refractivity contribution >= 4 is 5.97 Å². The Morgan fingerprint density at radius 1 is 1.16 bits per heavy atom. The summed E-state index contributed by atoms with van der Waals surface area (Å²) < 4.78 is 17.3. The summed E-state index contributed by atoms with van der Waals surface area (Å²) in [6.45, 7) is 10.9. The first-order chi connectivity index (χ1) is 12.1. The second-order valence-electron chi connectivity index (χ2n) is 6.45. The van der Waals surface area contributed by atoms with Gasteiger partial charge in [0.15, 0.2) is 0 Å². The number of esters is 1. The highest BCUT2D eigenvalue weighted by atomic mass is 16.6. The van der Waals surface area contributed by atoms with Crippen LogP contribution in [0.3, 0.4) is 0 Å². The van der Waals surface area contributed by atoms with Crippen molar-refractivity contribution in [3.63, 3.8) is 0 Å². The minimum absolute atomic E-state index is 0.283. The van der Waals surface area contributed by atoms with Crippen LogP contribution in [0.2, 0.25) is 0 Å². The smallest absolute Gasteiger partial charge is 0.338 e. The third-order valence-corrected chi connectivity index (χ3v) is 4.92. The number of carbonyl (C=O) groups excluding carboxylic acids is 1. The summed E-state index contributed by atoms with van der Waals surface area (Å²) in [4.78, 5) is 14.8. The van der Waals surface area contributed by atoms with Gasteiger partial charge in [-0.15, -0.1) is 0 Å². The Labute approximate surface area is 151 Å². The molecule has 25 heavy (non-hydrogen) atoms. The lowest BCUT2D eigenvalue weighted by molar-refractivity contribution is -0.145. The first-order valence-electron chi connectivity index (χ1n) is 9.31. The van der Waals surface area contributed by atoms with Crippen molar-refractivity contribution in [3.8, 4) is 0 Å². The Hall–Kier alpha value is -1.43. The number of ether oxygens (including phenoxy) is 3. The molecule has 1 fully saturated rings. The van der Waals surface area contributed by atoms with Crippen molar-refractivity contribution in [1.82, 2.24) is 4.90 Å². The molecule has 1 aromatic carbocycles. The Balaban J connectivity index is 1.94. The molecule has 0 N–H and O–H groups in total. The van der Waals surface area contributed by atoms with E-state index in [0.717, 1.165) is 45.7 Å². The van der Waals surface area contributed by atoms with Crippen LogP contribution in [-0.2, 0) is 14.2 Å². The maximum absolute atomic E-state index is 12.4. The minimum atomic E-state index is -0.401. The van der Waals surface area contributed by atoms with Crippen LogP contribution in [0.15, 0.2) is 30.3 Å². The summed E-state index contributed by atoms with van der Waals surface area (Å²) in [6.07, 6.45) is 1.43. The van der Waals surface area contributed by atoms with Gasteiger partial charge in [0.05, 0.1) is 12.2 Å². The quantitative estimate of drug-likeness (QED) is 0.506. The summed E-state index contributed by atoms with van der Waals surface area (Å²) in [5, 5.41) is 0. The van der Waals surface area contributed by atoms with Gasteiger partial charge in [0, 0.05) is 32.8 Å². The Kier molecular flexibility index (Phi) is 7.88. The molecule has 0 bridgehead atoms. The molecule has 1 aromatic rings. The molecule has 0 radical (unpaired) electrons. The summed E-state index contributed by atoms with van der Waals surface area (Å²) in [5.41, 5.74) is 0.177. The van der Waals surface area contributed by atoms with Crippen LogP contribution >= 0.6 is 0 Å². The molecule has 0 aliphatic carbocycles. The minimum Gasteiger partial charge on any atom is -0.456 e. The predicted octanol–water partition coefficient (Wildman–Crippen LogP) is 3.14. The van der Waals surface area contributed by atoms with Gasteiger partial charge in [-0.2, -0.15) is 0 Å². The van der Waals surface area contributed by atoms with Gasteiger partial charge in [-0.05, 0) is 45.7 Å². The van der Waals surface area contributed by atoms with Gasteiger partial charge in [0.1, 0.15) is 11.7 Å². The lowest BCUT2D eigenvalue weighted by atomic mass is 9.86. The monoisotopic (exact) mass is 349 g/mol. The third-order valence-electron chi connectivity index (χ3n) is 4.92. The van der Waals surface area contributed by atoms with Gasteiger partial charge < -0.3 is 19.1 Å². The number of nitrogens with zero attached hydrogens (tertiary/aromatic N) is 1. The normalized spacial score (nSPS) is 18.7. The van der Waals surface area contributed by atoms with Gasteiger partial charge in [0.2, 0.25) is 0 Å². The molecular formula is C20H31NO4. The second-order valence-corrected chi connectivity index (χ2v) is 6.45. The van der Waals surface area contributed by atoms with Gasteiger partial charge in [-0.25, -0.2) is 4.79 Å². The molecule has 0 amide bonds. The highest BCUT2D eigenvalue weighted by Crippen LogP contribution is 2.32. The van der Waals surface area contributed by atoms with Gasteiger partial charge in [0.25, 0.3) is 0 Å². The van der Waals surface area contributed by atoms with E-state index < -0.39 is 5.60 Å². The summed E-state index contributed by atoms with van der Waals surface area (Å²) in [7, 11) is 0. The number of rotatable bonds is 9. The molecule has 0 spiro atoms. The average molecular weight is 349 g/mol. The zero-order valence-corrected chi connectivity index (χ0v) is 15.7. The zero-order valence-electron chi connectivity index (χ0n) is 15.7. The predicted molar refractivity (Wildman–Crippen MR) is 97.8 cm³/mol. The number of carbonyl (C=O) groups is 1. The topological polar surface area (TPSA) is 48.0 Å². The van der Waals surface area contributed by atoms with Crippen molar-refractivity contribution in [3.05, 3.63) is 35.9 Å². The van der Waals surface area contributed by atoms with Gasteiger partial charge in [-0.3, -0.25) is 0 Å². The summed E-state index contributed by atoms with van der Waals surface area (Å²) in [6, 6.07) is 9.13. The Morgan fingerprint density at radius 2 is 1.84 bits per heavy atom. The molecule has 1 heterocycles. The number of hydrogen-bond donors (Lipinski definition) is 0. The van der Waals surface area contributed by atoms with E-state index in [0.29, 0.717) is 12.2 Å². The molecule has 1 atom stereocenters. The van der Waals surface area contributed by atoms with E-state index in [1.165, 1.54) is 0 Å². The summed E-state index contributed by atoms with van der Waals surface area (Å²) >= 11 is 0. The molecule has 1 saturated heterocycles.